The third-order valence-corrected chi connectivity index (χ3v) is 3.91. The monoisotopic (exact) mass is 276 g/mol. The summed E-state index contributed by atoms with van der Waals surface area (Å²) in [5.74, 6) is -1.15. The van der Waals surface area contributed by atoms with Gasteiger partial charge in [0.1, 0.15) is 11.6 Å². The van der Waals surface area contributed by atoms with Gasteiger partial charge in [-0.3, -0.25) is 0 Å². The number of hydrogen-bond acceptors (Lipinski definition) is 1. The number of rotatable bonds is 5. The van der Waals surface area contributed by atoms with Crippen LogP contribution in [0.3, 0.4) is 0 Å². The van der Waals surface area contributed by atoms with Gasteiger partial charge in [-0.25, -0.2) is 8.78 Å². The van der Waals surface area contributed by atoms with Gasteiger partial charge in [0.05, 0.1) is 6.61 Å². The number of aliphatic hydroxyl groups is 1. The zero-order chi connectivity index (χ0) is 14.6. The summed E-state index contributed by atoms with van der Waals surface area (Å²) in [6.45, 7) is 1.88. The molecular formula is C17H18F2O. The Kier molecular flexibility index (Phi) is 4.50. The standard InChI is InChI=1S/C17H18F2O/c1-2-17(12-20,14-6-4-3-5-7-14)11-13-8-9-15(18)10-16(13)19/h3-10,20H,2,11-12H2,1H3. The van der Waals surface area contributed by atoms with Crippen LogP contribution in [0, 0.1) is 11.6 Å². The highest BCUT2D eigenvalue weighted by Crippen LogP contribution is 2.32. The quantitative estimate of drug-likeness (QED) is 0.879. The topological polar surface area (TPSA) is 20.2 Å². The Morgan fingerprint density at radius 1 is 1.05 bits per heavy atom. The normalized spacial score (nSPS) is 14.0. The SMILES string of the molecule is CCC(CO)(Cc1ccc(F)cc1F)c1ccccc1. The molecule has 2 rings (SSSR count). The zero-order valence-electron chi connectivity index (χ0n) is 11.4. The predicted molar refractivity (Wildman–Crippen MR) is 75.6 cm³/mol. The van der Waals surface area contributed by atoms with Crippen molar-refractivity contribution in [3.8, 4) is 0 Å². The van der Waals surface area contributed by atoms with Gasteiger partial charge in [0.15, 0.2) is 0 Å². The number of benzene rings is 2. The smallest absolute Gasteiger partial charge is 0.129 e. The Bertz CT molecular complexity index is 562. The van der Waals surface area contributed by atoms with E-state index < -0.39 is 17.0 Å². The molecule has 2 aromatic rings. The Morgan fingerprint density at radius 2 is 1.75 bits per heavy atom. The molecule has 3 heteroatoms. The van der Waals surface area contributed by atoms with E-state index in [9.17, 15) is 13.9 Å². The summed E-state index contributed by atoms with van der Waals surface area (Å²) >= 11 is 0. The Labute approximate surface area is 117 Å². The van der Waals surface area contributed by atoms with Crippen molar-refractivity contribution in [1.82, 2.24) is 0 Å². The Morgan fingerprint density at radius 3 is 2.30 bits per heavy atom. The van der Waals surface area contributed by atoms with Crippen molar-refractivity contribution in [3.05, 3.63) is 71.3 Å². The van der Waals surface area contributed by atoms with Gasteiger partial charge in [-0.2, -0.15) is 0 Å². The zero-order valence-corrected chi connectivity index (χ0v) is 11.4. The van der Waals surface area contributed by atoms with Crippen LogP contribution in [0.1, 0.15) is 24.5 Å². The molecule has 106 valence electrons. The molecule has 0 radical (unpaired) electrons. The first-order valence-corrected chi connectivity index (χ1v) is 6.71. The molecule has 20 heavy (non-hydrogen) atoms. The summed E-state index contributed by atoms with van der Waals surface area (Å²) in [5, 5.41) is 9.84. The Balaban J connectivity index is 2.39. The average molecular weight is 276 g/mol. The second kappa shape index (κ2) is 6.14. The molecule has 0 aliphatic rings. The highest BCUT2D eigenvalue weighted by molar-refractivity contribution is 5.30. The van der Waals surface area contributed by atoms with Crippen molar-refractivity contribution < 1.29 is 13.9 Å². The maximum Gasteiger partial charge on any atom is 0.129 e. The van der Waals surface area contributed by atoms with Crippen LogP contribution in [0.15, 0.2) is 48.5 Å². The lowest BCUT2D eigenvalue weighted by atomic mass is 9.74. The molecule has 0 aromatic heterocycles. The van der Waals surface area contributed by atoms with Gasteiger partial charge >= 0.3 is 0 Å². The molecule has 0 fully saturated rings. The summed E-state index contributed by atoms with van der Waals surface area (Å²) < 4.78 is 26.8. The molecule has 0 saturated carbocycles. The van der Waals surface area contributed by atoms with Gasteiger partial charge in [-0.1, -0.05) is 43.3 Å². The van der Waals surface area contributed by atoms with E-state index in [-0.39, 0.29) is 6.61 Å². The van der Waals surface area contributed by atoms with E-state index in [0.717, 1.165) is 11.6 Å². The van der Waals surface area contributed by atoms with E-state index in [1.165, 1.54) is 12.1 Å². The van der Waals surface area contributed by atoms with Crippen molar-refractivity contribution >= 4 is 0 Å². The van der Waals surface area contributed by atoms with Crippen LogP contribution in [0.25, 0.3) is 0 Å². The van der Waals surface area contributed by atoms with Gasteiger partial charge in [0.2, 0.25) is 0 Å². The fourth-order valence-electron chi connectivity index (χ4n) is 2.51. The summed E-state index contributed by atoms with van der Waals surface area (Å²) in [4.78, 5) is 0. The number of hydrogen-bond donors (Lipinski definition) is 1. The second-order valence-corrected chi connectivity index (χ2v) is 5.07. The summed E-state index contributed by atoms with van der Waals surface area (Å²) in [7, 11) is 0. The van der Waals surface area contributed by atoms with Crippen molar-refractivity contribution in [1.29, 1.82) is 0 Å². The van der Waals surface area contributed by atoms with Crippen LogP contribution in [0.2, 0.25) is 0 Å². The minimum Gasteiger partial charge on any atom is -0.395 e. The first kappa shape index (κ1) is 14.7. The average Bonchev–Trinajstić information content (AvgIpc) is 2.48. The summed E-state index contributed by atoms with van der Waals surface area (Å²) in [6.07, 6.45) is 1.01. The first-order valence-electron chi connectivity index (χ1n) is 6.71. The van der Waals surface area contributed by atoms with E-state index in [0.29, 0.717) is 18.4 Å². The minimum atomic E-state index is -0.586. The van der Waals surface area contributed by atoms with Crippen LogP contribution in [0.4, 0.5) is 8.78 Å². The molecule has 0 amide bonds. The van der Waals surface area contributed by atoms with Crippen LogP contribution in [-0.2, 0) is 11.8 Å². The lowest BCUT2D eigenvalue weighted by Gasteiger charge is -2.31. The van der Waals surface area contributed by atoms with E-state index >= 15 is 0 Å². The Hall–Kier alpha value is -1.74. The van der Waals surface area contributed by atoms with Gasteiger partial charge in [-0.15, -0.1) is 0 Å². The summed E-state index contributed by atoms with van der Waals surface area (Å²) in [6, 6.07) is 13.2. The first-order chi connectivity index (χ1) is 9.61. The van der Waals surface area contributed by atoms with Crippen molar-refractivity contribution in [2.24, 2.45) is 0 Å². The maximum absolute atomic E-state index is 13.8. The molecule has 1 nitrogen and oxygen atoms in total. The fraction of sp³-hybridized carbons (Fsp3) is 0.294. The van der Waals surface area contributed by atoms with Crippen LogP contribution < -0.4 is 0 Å². The van der Waals surface area contributed by atoms with Gasteiger partial charge < -0.3 is 5.11 Å². The van der Waals surface area contributed by atoms with Crippen LogP contribution >= 0.6 is 0 Å². The van der Waals surface area contributed by atoms with Gasteiger partial charge in [0, 0.05) is 11.5 Å². The predicted octanol–water partition coefficient (Wildman–Crippen LogP) is 3.85. The number of halogens is 2. The molecule has 0 aliphatic carbocycles. The third kappa shape index (κ3) is 2.88. The molecule has 0 bridgehead atoms. The molecule has 1 unspecified atom stereocenters. The molecule has 0 aliphatic heterocycles. The molecule has 0 saturated heterocycles. The van der Waals surface area contributed by atoms with Gasteiger partial charge in [0.25, 0.3) is 0 Å². The molecule has 1 N–H and O–H groups in total. The molecule has 1 atom stereocenters. The van der Waals surface area contributed by atoms with Crippen molar-refractivity contribution in [3.63, 3.8) is 0 Å². The van der Waals surface area contributed by atoms with E-state index in [4.69, 9.17) is 0 Å². The van der Waals surface area contributed by atoms with Crippen molar-refractivity contribution in [2.45, 2.75) is 25.2 Å². The molecule has 0 heterocycles. The van der Waals surface area contributed by atoms with Crippen LogP contribution in [0.5, 0.6) is 0 Å². The molecular weight excluding hydrogens is 258 g/mol. The number of aliphatic hydroxyl groups excluding tert-OH is 1. The highest BCUT2D eigenvalue weighted by atomic mass is 19.1. The van der Waals surface area contributed by atoms with Gasteiger partial charge in [-0.05, 0) is 30.0 Å². The molecule has 0 spiro atoms. The summed E-state index contributed by atoms with van der Waals surface area (Å²) in [5.41, 5.74) is 0.847. The third-order valence-electron chi connectivity index (χ3n) is 3.91. The fourth-order valence-corrected chi connectivity index (χ4v) is 2.51. The molecule has 2 aromatic carbocycles. The van der Waals surface area contributed by atoms with E-state index in [2.05, 4.69) is 0 Å². The lowest BCUT2D eigenvalue weighted by molar-refractivity contribution is 0.185. The lowest BCUT2D eigenvalue weighted by Crippen LogP contribution is -2.33. The largest absolute Gasteiger partial charge is 0.395 e. The van der Waals surface area contributed by atoms with Crippen LogP contribution in [-0.4, -0.2) is 11.7 Å². The van der Waals surface area contributed by atoms with E-state index in [1.807, 2.05) is 37.3 Å². The minimum absolute atomic E-state index is 0.0790. The maximum atomic E-state index is 13.8. The van der Waals surface area contributed by atoms with Crippen molar-refractivity contribution in [2.75, 3.05) is 6.61 Å². The van der Waals surface area contributed by atoms with E-state index in [1.54, 1.807) is 0 Å². The highest BCUT2D eigenvalue weighted by Gasteiger charge is 2.30. The second-order valence-electron chi connectivity index (χ2n) is 5.07.